The van der Waals surface area contributed by atoms with Crippen molar-refractivity contribution in [2.75, 3.05) is 40.3 Å². The highest BCUT2D eigenvalue weighted by Gasteiger charge is 2.20. The summed E-state index contributed by atoms with van der Waals surface area (Å²) in [7, 11) is 4.52. The van der Waals surface area contributed by atoms with E-state index in [0.717, 1.165) is 12.6 Å². The van der Waals surface area contributed by atoms with Crippen LogP contribution in [0, 0.1) is 0 Å². The average molecular weight is 227 g/mol. The Kier molecular flexibility index (Phi) is 6.32. The number of nitrogens with one attached hydrogen (secondary N) is 1. The molecular weight excluding hydrogens is 198 g/mol. The second-order valence-corrected chi connectivity index (χ2v) is 5.29. The third-order valence-corrected chi connectivity index (χ3v) is 3.69. The Morgan fingerprint density at radius 1 is 1.50 bits per heavy atom. The molecule has 0 bridgehead atoms. The normalized spacial score (nSPS) is 24.9. The fraction of sp³-hybridized carbons (Fsp3) is 1.00. The van der Waals surface area contributed by atoms with Crippen LogP contribution in [0.25, 0.3) is 0 Å². The van der Waals surface area contributed by atoms with Crippen LogP contribution in [0.5, 0.6) is 0 Å². The molecule has 0 aromatic rings. The maximum atomic E-state index is 3.48. The Morgan fingerprint density at radius 3 is 2.88 bits per heavy atom. The molecule has 2 atom stereocenters. The van der Waals surface area contributed by atoms with Crippen LogP contribution >= 0.6 is 0 Å². The highest BCUT2D eigenvalue weighted by Crippen LogP contribution is 2.13. The summed E-state index contributed by atoms with van der Waals surface area (Å²) in [5.74, 6) is 0. The van der Waals surface area contributed by atoms with Crippen LogP contribution in [0.2, 0.25) is 0 Å². The van der Waals surface area contributed by atoms with Crippen LogP contribution in [0.3, 0.4) is 0 Å². The van der Waals surface area contributed by atoms with Gasteiger partial charge in [-0.15, -0.1) is 0 Å². The number of likely N-dealkylation sites (N-methyl/N-ethyl adjacent to an activating group) is 2. The number of hydrogen-bond donors (Lipinski definition) is 1. The number of hydrogen-bond acceptors (Lipinski definition) is 3. The van der Waals surface area contributed by atoms with Gasteiger partial charge in [0.25, 0.3) is 0 Å². The summed E-state index contributed by atoms with van der Waals surface area (Å²) >= 11 is 0. The fourth-order valence-electron chi connectivity index (χ4n) is 2.53. The molecule has 0 spiro atoms. The second kappa shape index (κ2) is 7.25. The first kappa shape index (κ1) is 13.9. The molecule has 1 N–H and O–H groups in total. The summed E-state index contributed by atoms with van der Waals surface area (Å²) in [5.41, 5.74) is 0. The van der Waals surface area contributed by atoms with Crippen molar-refractivity contribution >= 4 is 0 Å². The zero-order chi connectivity index (χ0) is 12.0. The number of piperidine rings is 1. The minimum atomic E-state index is 0.647. The van der Waals surface area contributed by atoms with Crippen LogP contribution < -0.4 is 5.32 Å². The van der Waals surface area contributed by atoms with Gasteiger partial charge in [-0.3, -0.25) is 0 Å². The molecule has 1 heterocycles. The molecule has 1 aliphatic rings. The Morgan fingerprint density at radius 2 is 2.25 bits per heavy atom. The van der Waals surface area contributed by atoms with E-state index in [1.165, 1.54) is 38.9 Å². The van der Waals surface area contributed by atoms with E-state index in [9.17, 15) is 0 Å². The van der Waals surface area contributed by atoms with E-state index in [2.05, 4.69) is 43.1 Å². The van der Waals surface area contributed by atoms with Gasteiger partial charge in [0.05, 0.1) is 0 Å². The smallest absolute Gasteiger partial charge is 0.0220 e. The van der Waals surface area contributed by atoms with Gasteiger partial charge in [0, 0.05) is 18.6 Å². The van der Waals surface area contributed by atoms with Gasteiger partial charge in [0.2, 0.25) is 0 Å². The molecule has 3 heteroatoms. The first-order valence-corrected chi connectivity index (χ1v) is 6.75. The summed E-state index contributed by atoms with van der Waals surface area (Å²) in [6, 6.07) is 1.42. The van der Waals surface area contributed by atoms with E-state index < -0.39 is 0 Å². The molecule has 96 valence electrons. The summed E-state index contributed by atoms with van der Waals surface area (Å²) in [6.45, 7) is 9.27. The van der Waals surface area contributed by atoms with Crippen molar-refractivity contribution in [2.45, 2.75) is 45.2 Å². The predicted molar refractivity (Wildman–Crippen MR) is 70.9 cm³/mol. The summed E-state index contributed by atoms with van der Waals surface area (Å²) < 4.78 is 0. The first-order chi connectivity index (χ1) is 7.63. The quantitative estimate of drug-likeness (QED) is 0.740. The molecule has 16 heavy (non-hydrogen) atoms. The van der Waals surface area contributed by atoms with E-state index in [1.54, 1.807) is 0 Å². The summed E-state index contributed by atoms with van der Waals surface area (Å²) in [5, 5.41) is 3.48. The molecule has 1 saturated heterocycles. The van der Waals surface area contributed by atoms with Crippen molar-refractivity contribution in [1.29, 1.82) is 0 Å². The zero-order valence-electron chi connectivity index (χ0n) is 11.5. The van der Waals surface area contributed by atoms with Gasteiger partial charge in [-0.05, 0) is 59.9 Å². The van der Waals surface area contributed by atoms with E-state index in [4.69, 9.17) is 0 Å². The van der Waals surface area contributed by atoms with Crippen LogP contribution in [-0.2, 0) is 0 Å². The SMILES string of the molecule is CCNC(C)CCN(C)C1CCCN(C)C1. The van der Waals surface area contributed by atoms with Crippen LogP contribution in [0.1, 0.15) is 33.1 Å². The number of nitrogens with zero attached hydrogens (tertiary/aromatic N) is 2. The minimum Gasteiger partial charge on any atom is -0.314 e. The van der Waals surface area contributed by atoms with Gasteiger partial charge >= 0.3 is 0 Å². The lowest BCUT2D eigenvalue weighted by Crippen LogP contribution is -2.46. The molecule has 1 aliphatic heterocycles. The zero-order valence-corrected chi connectivity index (χ0v) is 11.5. The highest BCUT2D eigenvalue weighted by atomic mass is 15.2. The fourth-order valence-corrected chi connectivity index (χ4v) is 2.53. The van der Waals surface area contributed by atoms with Crippen molar-refractivity contribution < 1.29 is 0 Å². The Labute approximate surface area is 101 Å². The Bertz CT molecular complexity index is 184. The van der Waals surface area contributed by atoms with Gasteiger partial charge < -0.3 is 15.1 Å². The summed E-state index contributed by atoms with van der Waals surface area (Å²) in [4.78, 5) is 5.00. The number of likely N-dealkylation sites (tertiary alicyclic amines) is 1. The van der Waals surface area contributed by atoms with Crippen LogP contribution in [-0.4, -0.2) is 62.2 Å². The van der Waals surface area contributed by atoms with Gasteiger partial charge in [0.1, 0.15) is 0 Å². The van der Waals surface area contributed by atoms with Crippen LogP contribution in [0.4, 0.5) is 0 Å². The second-order valence-electron chi connectivity index (χ2n) is 5.29. The van der Waals surface area contributed by atoms with E-state index in [0.29, 0.717) is 6.04 Å². The predicted octanol–water partition coefficient (Wildman–Crippen LogP) is 1.40. The van der Waals surface area contributed by atoms with Gasteiger partial charge in [-0.25, -0.2) is 0 Å². The standard InChI is InChI=1S/C13H29N3/c1-5-14-12(2)8-10-16(4)13-7-6-9-15(3)11-13/h12-14H,5-11H2,1-4H3. The van der Waals surface area contributed by atoms with Gasteiger partial charge in [-0.1, -0.05) is 6.92 Å². The van der Waals surface area contributed by atoms with Gasteiger partial charge in [-0.2, -0.15) is 0 Å². The molecule has 0 saturated carbocycles. The average Bonchev–Trinajstić information content (AvgIpc) is 2.26. The monoisotopic (exact) mass is 227 g/mol. The van der Waals surface area contributed by atoms with Crippen molar-refractivity contribution in [1.82, 2.24) is 15.1 Å². The minimum absolute atomic E-state index is 0.647. The molecule has 0 aliphatic carbocycles. The molecule has 1 fully saturated rings. The third kappa shape index (κ3) is 4.81. The number of rotatable bonds is 6. The molecule has 2 unspecified atom stereocenters. The lowest BCUT2D eigenvalue weighted by atomic mass is 10.0. The molecule has 0 aromatic carbocycles. The molecule has 3 nitrogen and oxygen atoms in total. The van der Waals surface area contributed by atoms with E-state index in [-0.39, 0.29) is 0 Å². The maximum absolute atomic E-state index is 3.48. The Hall–Kier alpha value is -0.120. The first-order valence-electron chi connectivity index (χ1n) is 6.75. The molecule has 1 rings (SSSR count). The maximum Gasteiger partial charge on any atom is 0.0220 e. The summed E-state index contributed by atoms with van der Waals surface area (Å²) in [6.07, 6.45) is 3.98. The van der Waals surface area contributed by atoms with Crippen molar-refractivity contribution in [2.24, 2.45) is 0 Å². The highest BCUT2D eigenvalue weighted by molar-refractivity contribution is 4.78. The van der Waals surface area contributed by atoms with Crippen molar-refractivity contribution in [3.63, 3.8) is 0 Å². The van der Waals surface area contributed by atoms with E-state index in [1.807, 2.05) is 0 Å². The largest absolute Gasteiger partial charge is 0.314 e. The lowest BCUT2D eigenvalue weighted by molar-refractivity contribution is 0.131. The van der Waals surface area contributed by atoms with Crippen molar-refractivity contribution in [3.05, 3.63) is 0 Å². The Balaban J connectivity index is 2.20. The molecular formula is C13H29N3. The molecule has 0 radical (unpaired) electrons. The van der Waals surface area contributed by atoms with Gasteiger partial charge in [0.15, 0.2) is 0 Å². The van der Waals surface area contributed by atoms with Crippen molar-refractivity contribution in [3.8, 4) is 0 Å². The molecule has 0 aromatic heterocycles. The third-order valence-electron chi connectivity index (χ3n) is 3.69. The molecule has 0 amide bonds. The lowest BCUT2D eigenvalue weighted by Gasteiger charge is -2.36. The van der Waals surface area contributed by atoms with E-state index >= 15 is 0 Å². The topological polar surface area (TPSA) is 18.5 Å². The van der Waals surface area contributed by atoms with Crippen LogP contribution in [0.15, 0.2) is 0 Å².